The first-order valence-electron chi connectivity index (χ1n) is 47.6. The van der Waals surface area contributed by atoms with E-state index in [1.807, 2.05) is 41.5 Å². The van der Waals surface area contributed by atoms with Crippen molar-refractivity contribution in [1.82, 2.24) is 68.5 Å². The van der Waals surface area contributed by atoms with Crippen molar-refractivity contribution in [3.8, 4) is 0 Å². The number of aromatic nitrogens is 15. The number of ether oxygens (including phenoxy) is 15. The third kappa shape index (κ3) is 27.0. The van der Waals surface area contributed by atoms with E-state index in [4.69, 9.17) is 71.1 Å². The lowest BCUT2D eigenvalue weighted by molar-refractivity contribution is 0.247. The van der Waals surface area contributed by atoms with Crippen LogP contribution in [-0.2, 0) is 169 Å². The van der Waals surface area contributed by atoms with Gasteiger partial charge in [0.25, 0.3) is 0 Å². The fraction of sp³-hybridized carbons (Fsp3) is 0.828. The van der Waals surface area contributed by atoms with Gasteiger partial charge in [0.15, 0.2) is 0 Å². The molecule has 732 valence electrons. The standard InChI is InChI=1S/C21H33N3O6.2C18H27N3O6.2C15H21N3O6/c25-19-22(10-4-1-7-16-13-28-16)20(26)24(12-6-3-9-18-15-30-18)21(27)23(19)11-5-2-8-17-14-29-17;1-10-13(25-10)4-7-19-16(22)20(8-5-14-11(2)26-14)18(24)21(17(19)23)9-6-15-12(3)27-15;22-16-19(7-1-4-13-10-25-13)17(23)21(9-3-6-15-12-27-15)18(24)20(16)8-2-5-14-11-26-14;1-13(7-22-13)4-16-10(19)17(5-14(2)8-23-14)12(21)18(11(16)20)6-15(3)9-24-15;19-13-16(4-1-10-7-22-10)14(20)18(6-3-12-9-24-12)15(21)17(13)5-2-11-8-23-11/h16-18H,1-15H2;10-15H,4-9H2,1-3H3;13-15H,1-12H2;4-9H2,1-3H3;10-12H,1-9H2. The highest BCUT2D eigenvalue weighted by atomic mass is 16.6. The van der Waals surface area contributed by atoms with E-state index >= 15 is 0 Å². The molecule has 5 aromatic heterocycles. The summed E-state index contributed by atoms with van der Waals surface area (Å²) in [6, 6.07) is 0. The highest BCUT2D eigenvalue weighted by molar-refractivity contribution is 4.98. The molecule has 0 aromatic carbocycles. The van der Waals surface area contributed by atoms with Crippen LogP contribution in [0.3, 0.4) is 0 Å². The van der Waals surface area contributed by atoms with Gasteiger partial charge in [-0.15, -0.1) is 0 Å². The number of hydrogen-bond donors (Lipinski definition) is 0. The SMILES string of the molecule is CC1(Cn2c(=O)n(CC3(C)CO3)c(=O)n(CC3(C)CO3)c2=O)CO1.CC1OC1CCn1c(=O)n(CCC2OC2C)c(=O)n(CCC2OC2C)c1=O.O=c1n(CCC2CO2)c(=O)n(CCC2CO2)c(=O)n1CCC1CO1.O=c1n(CCCC2CO2)c(=O)n(CCCC2CO2)c(=O)n1CCCC1CO1.O=c1n(CCCCC2CO2)c(=O)n(CCCCC2CO2)c(=O)n1CCCCC1CO1. The molecular formula is C87H129N15O30. The van der Waals surface area contributed by atoms with Crippen LogP contribution in [0.5, 0.6) is 0 Å². The molecule has 18 unspecified atom stereocenters. The molecule has 20 heterocycles. The zero-order valence-electron chi connectivity index (χ0n) is 76.6. The summed E-state index contributed by atoms with van der Waals surface area (Å²) in [5, 5.41) is 0. The van der Waals surface area contributed by atoms with Crippen molar-refractivity contribution < 1.29 is 71.1 Å². The maximum Gasteiger partial charge on any atom is 0.336 e. The molecule has 15 aliphatic heterocycles. The number of hydrogen-bond acceptors (Lipinski definition) is 30. The van der Waals surface area contributed by atoms with E-state index in [-0.39, 0.29) is 132 Å². The second-order valence-corrected chi connectivity index (χ2v) is 38.4. The van der Waals surface area contributed by atoms with E-state index < -0.39 is 102 Å². The lowest BCUT2D eigenvalue weighted by atomic mass is 10.2. The topological polar surface area (TPSA) is 518 Å². The van der Waals surface area contributed by atoms with Crippen LogP contribution in [0.2, 0.25) is 0 Å². The molecule has 15 saturated heterocycles. The van der Waals surface area contributed by atoms with E-state index in [0.717, 1.165) is 144 Å². The van der Waals surface area contributed by atoms with Crippen LogP contribution in [0.15, 0.2) is 71.9 Å². The quantitative estimate of drug-likeness (QED) is 0.0284. The minimum absolute atomic E-state index is 0.0755. The van der Waals surface area contributed by atoms with Gasteiger partial charge in [-0.25, -0.2) is 140 Å². The molecule has 0 saturated carbocycles. The van der Waals surface area contributed by atoms with Crippen molar-refractivity contribution >= 4 is 0 Å². The van der Waals surface area contributed by atoms with E-state index in [1.165, 1.54) is 41.1 Å². The van der Waals surface area contributed by atoms with Gasteiger partial charge >= 0.3 is 85.3 Å². The second-order valence-electron chi connectivity index (χ2n) is 38.4. The largest absolute Gasteiger partial charge is 0.373 e. The van der Waals surface area contributed by atoms with Crippen molar-refractivity contribution in [2.24, 2.45) is 0 Å². The van der Waals surface area contributed by atoms with Crippen LogP contribution in [0, 0.1) is 0 Å². The molecule has 15 aliphatic rings. The number of nitrogens with zero attached hydrogens (tertiary/aromatic N) is 15. The summed E-state index contributed by atoms with van der Waals surface area (Å²) in [5.74, 6) is 0. The summed E-state index contributed by atoms with van der Waals surface area (Å²) in [7, 11) is 0. The maximum absolute atomic E-state index is 12.9. The lowest BCUT2D eigenvalue weighted by Crippen LogP contribution is -2.57. The van der Waals surface area contributed by atoms with Crippen LogP contribution in [-0.4, -0.2) is 256 Å². The molecule has 132 heavy (non-hydrogen) atoms. The van der Waals surface area contributed by atoms with Crippen LogP contribution in [0.1, 0.15) is 176 Å². The summed E-state index contributed by atoms with van der Waals surface area (Å²) < 4.78 is 96.3. The van der Waals surface area contributed by atoms with Crippen molar-refractivity contribution in [3.05, 3.63) is 157 Å². The molecule has 45 nitrogen and oxygen atoms in total. The number of rotatable bonds is 51. The van der Waals surface area contributed by atoms with Crippen LogP contribution in [0.25, 0.3) is 0 Å². The molecule has 0 aliphatic carbocycles. The molecule has 20 rings (SSSR count). The molecule has 0 radical (unpaired) electrons. The minimum atomic E-state index is -0.614. The summed E-state index contributed by atoms with van der Waals surface area (Å²) in [5.41, 5.74) is -9.58. The van der Waals surface area contributed by atoms with Crippen LogP contribution >= 0.6 is 0 Å². The Morgan fingerprint density at radius 2 is 0.341 bits per heavy atom. The van der Waals surface area contributed by atoms with Gasteiger partial charge < -0.3 is 71.1 Å². The van der Waals surface area contributed by atoms with Gasteiger partial charge in [0.2, 0.25) is 0 Å². The highest BCUT2D eigenvalue weighted by Gasteiger charge is 2.46. The first-order chi connectivity index (χ1) is 63.4. The summed E-state index contributed by atoms with van der Waals surface area (Å²) in [6.45, 7) is 23.4. The van der Waals surface area contributed by atoms with Crippen LogP contribution < -0.4 is 85.3 Å². The highest BCUT2D eigenvalue weighted by Crippen LogP contribution is 2.32. The van der Waals surface area contributed by atoms with Gasteiger partial charge in [0, 0.05) is 78.5 Å². The Balaban J connectivity index is 0.000000121. The Labute approximate surface area is 755 Å². The molecule has 5 aromatic rings. The monoisotopic (exact) mass is 1860 g/mol. The Morgan fingerprint density at radius 3 is 0.500 bits per heavy atom. The van der Waals surface area contributed by atoms with Gasteiger partial charge in [-0.05, 0) is 176 Å². The van der Waals surface area contributed by atoms with Gasteiger partial charge in [-0.2, -0.15) is 0 Å². The van der Waals surface area contributed by atoms with Crippen molar-refractivity contribution in [3.63, 3.8) is 0 Å². The Hall–Kier alpha value is -8.55. The van der Waals surface area contributed by atoms with Gasteiger partial charge in [-0.1, -0.05) is 0 Å². The first kappa shape index (κ1) is 96.6. The molecule has 0 bridgehead atoms. The zero-order valence-corrected chi connectivity index (χ0v) is 76.6. The predicted molar refractivity (Wildman–Crippen MR) is 467 cm³/mol. The van der Waals surface area contributed by atoms with E-state index in [1.54, 1.807) is 0 Å². The Kier molecular flexibility index (Phi) is 30.7. The predicted octanol–water partition coefficient (Wildman–Crippen LogP) is -2.63. The Morgan fingerprint density at radius 1 is 0.205 bits per heavy atom. The van der Waals surface area contributed by atoms with Gasteiger partial charge in [0.05, 0.1) is 190 Å². The average molecular weight is 1870 g/mol. The fourth-order valence-corrected chi connectivity index (χ4v) is 16.4. The second kappa shape index (κ2) is 42.0. The molecular weight excluding hydrogens is 1740 g/mol. The van der Waals surface area contributed by atoms with Gasteiger partial charge in [0.1, 0.15) is 16.8 Å². The molecule has 0 spiro atoms. The maximum atomic E-state index is 12.9. The third-order valence-corrected chi connectivity index (χ3v) is 26.6. The lowest BCUT2D eigenvalue weighted by Gasteiger charge is -2.17. The minimum Gasteiger partial charge on any atom is -0.373 e. The van der Waals surface area contributed by atoms with Gasteiger partial charge in [-0.3, -0.25) is 0 Å². The first-order valence-corrected chi connectivity index (χ1v) is 47.6. The fourth-order valence-electron chi connectivity index (χ4n) is 16.4. The van der Waals surface area contributed by atoms with E-state index in [9.17, 15) is 71.9 Å². The average Bonchev–Trinajstić information content (AvgIpc) is 1.61. The number of epoxide rings is 15. The third-order valence-electron chi connectivity index (χ3n) is 26.6. The van der Waals surface area contributed by atoms with E-state index in [0.29, 0.717) is 155 Å². The normalized spacial score (nSPS) is 29.3. The smallest absolute Gasteiger partial charge is 0.336 e. The molecule has 15 fully saturated rings. The Bertz CT molecular complexity index is 5180. The molecule has 18 atom stereocenters. The molecule has 45 heteroatoms. The van der Waals surface area contributed by atoms with E-state index in [2.05, 4.69) is 0 Å². The number of unbranched alkanes of at least 4 members (excludes halogenated alkanes) is 3. The summed E-state index contributed by atoms with van der Waals surface area (Å²) in [4.78, 5) is 191. The molecule has 0 amide bonds. The van der Waals surface area contributed by atoms with Crippen LogP contribution in [0.4, 0.5) is 0 Å². The zero-order chi connectivity index (χ0) is 93.0. The molecule has 0 N–H and O–H groups in total. The summed E-state index contributed by atoms with van der Waals surface area (Å²) >= 11 is 0. The van der Waals surface area contributed by atoms with Crippen molar-refractivity contribution in [2.45, 2.75) is 383 Å². The van der Waals surface area contributed by atoms with Crippen molar-refractivity contribution in [1.29, 1.82) is 0 Å². The summed E-state index contributed by atoms with van der Waals surface area (Å²) in [6.07, 6.45) is 18.7. The van der Waals surface area contributed by atoms with Crippen molar-refractivity contribution in [2.75, 3.05) is 79.3 Å².